The van der Waals surface area contributed by atoms with E-state index in [1.54, 1.807) is 30.5 Å². The number of anilines is 1. The van der Waals surface area contributed by atoms with E-state index in [9.17, 15) is 4.79 Å². The molecule has 0 fully saturated rings. The van der Waals surface area contributed by atoms with Gasteiger partial charge in [0.25, 0.3) is 5.91 Å². The van der Waals surface area contributed by atoms with Crippen LogP contribution in [0.15, 0.2) is 58.1 Å². The molecule has 0 aliphatic carbocycles. The number of carbonyl (C=O) groups is 1. The lowest BCUT2D eigenvalue weighted by molar-refractivity contribution is 0.0956. The second-order valence-electron chi connectivity index (χ2n) is 3.84. The molecule has 0 saturated heterocycles. The van der Waals surface area contributed by atoms with Gasteiger partial charge >= 0.3 is 0 Å². The first-order valence-electron chi connectivity index (χ1n) is 5.60. The van der Waals surface area contributed by atoms with Gasteiger partial charge in [-0.05, 0) is 29.8 Å². The van der Waals surface area contributed by atoms with Crippen LogP contribution in [0.5, 0.6) is 0 Å². The number of halogens is 1. The highest BCUT2D eigenvalue weighted by Crippen LogP contribution is 2.10. The van der Waals surface area contributed by atoms with Gasteiger partial charge < -0.3 is 5.73 Å². The van der Waals surface area contributed by atoms with E-state index in [4.69, 9.17) is 5.73 Å². The van der Waals surface area contributed by atoms with Gasteiger partial charge in [-0.25, -0.2) is 5.43 Å². The zero-order valence-corrected chi connectivity index (χ0v) is 11.6. The van der Waals surface area contributed by atoms with Crippen molar-refractivity contribution in [1.29, 1.82) is 0 Å². The molecule has 1 amide bonds. The second kappa shape index (κ2) is 6.15. The number of carbonyl (C=O) groups excluding carboxylic acids is 1. The molecule has 0 aliphatic rings. The van der Waals surface area contributed by atoms with Crippen LogP contribution in [0.25, 0.3) is 0 Å². The third kappa shape index (κ3) is 3.66. The van der Waals surface area contributed by atoms with Crippen molar-refractivity contribution in [2.75, 3.05) is 5.73 Å². The van der Waals surface area contributed by atoms with Crippen molar-refractivity contribution in [3.8, 4) is 0 Å². The Balaban J connectivity index is 2.01. The molecule has 0 heterocycles. The number of hydrogen-bond acceptors (Lipinski definition) is 3. The van der Waals surface area contributed by atoms with Gasteiger partial charge in [0.1, 0.15) is 0 Å². The van der Waals surface area contributed by atoms with Gasteiger partial charge in [-0.15, -0.1) is 0 Å². The molecule has 19 heavy (non-hydrogen) atoms. The van der Waals surface area contributed by atoms with Gasteiger partial charge in [0.2, 0.25) is 0 Å². The number of hydrogen-bond donors (Lipinski definition) is 2. The fraction of sp³-hybridized carbons (Fsp3) is 0. The molecular formula is C14H12BrN3O. The van der Waals surface area contributed by atoms with Gasteiger partial charge in [0, 0.05) is 10.2 Å². The number of nitrogen functional groups attached to an aromatic ring is 1. The molecular weight excluding hydrogens is 306 g/mol. The minimum Gasteiger partial charge on any atom is -0.398 e. The highest BCUT2D eigenvalue weighted by molar-refractivity contribution is 9.10. The monoisotopic (exact) mass is 317 g/mol. The molecule has 4 nitrogen and oxygen atoms in total. The maximum atomic E-state index is 11.8. The van der Waals surface area contributed by atoms with Crippen LogP contribution in [0.1, 0.15) is 15.9 Å². The minimum atomic E-state index is -0.327. The summed E-state index contributed by atoms with van der Waals surface area (Å²) in [5.41, 5.74) is 9.88. The highest BCUT2D eigenvalue weighted by Gasteiger charge is 2.06. The van der Waals surface area contributed by atoms with Gasteiger partial charge in [0.15, 0.2) is 0 Å². The normalized spacial score (nSPS) is 10.6. The van der Waals surface area contributed by atoms with Crippen molar-refractivity contribution in [3.05, 3.63) is 64.1 Å². The molecule has 0 aromatic heterocycles. The molecule has 2 aromatic carbocycles. The fourth-order valence-electron chi connectivity index (χ4n) is 1.48. The van der Waals surface area contributed by atoms with Crippen LogP contribution < -0.4 is 11.2 Å². The molecule has 0 atom stereocenters. The summed E-state index contributed by atoms with van der Waals surface area (Å²) in [7, 11) is 0. The average molecular weight is 318 g/mol. The summed E-state index contributed by atoms with van der Waals surface area (Å²) in [6, 6.07) is 14.4. The maximum absolute atomic E-state index is 11.8. The Morgan fingerprint density at radius 3 is 2.53 bits per heavy atom. The van der Waals surface area contributed by atoms with Crippen molar-refractivity contribution in [1.82, 2.24) is 5.43 Å². The van der Waals surface area contributed by atoms with E-state index in [1.807, 2.05) is 24.3 Å². The van der Waals surface area contributed by atoms with Crippen LogP contribution in [0, 0.1) is 0 Å². The van der Waals surface area contributed by atoms with E-state index in [1.165, 1.54) is 0 Å². The zero-order valence-electron chi connectivity index (χ0n) is 10.0. The lowest BCUT2D eigenvalue weighted by atomic mass is 10.2. The van der Waals surface area contributed by atoms with E-state index < -0.39 is 0 Å². The second-order valence-corrected chi connectivity index (χ2v) is 4.75. The summed E-state index contributed by atoms with van der Waals surface area (Å²) in [5, 5.41) is 3.89. The Bertz CT molecular complexity index is 608. The van der Waals surface area contributed by atoms with E-state index in [-0.39, 0.29) is 5.91 Å². The van der Waals surface area contributed by atoms with Gasteiger partial charge in [-0.1, -0.05) is 40.2 Å². The van der Waals surface area contributed by atoms with Crippen LogP contribution >= 0.6 is 15.9 Å². The van der Waals surface area contributed by atoms with Crippen LogP contribution in [-0.4, -0.2) is 12.1 Å². The summed E-state index contributed by atoms with van der Waals surface area (Å²) >= 11 is 3.35. The molecule has 0 unspecified atom stereocenters. The molecule has 3 N–H and O–H groups in total. The van der Waals surface area contributed by atoms with Crippen molar-refractivity contribution in [2.45, 2.75) is 0 Å². The van der Waals surface area contributed by atoms with Crippen LogP contribution in [0.4, 0.5) is 5.69 Å². The maximum Gasteiger partial charge on any atom is 0.273 e. The molecule has 96 valence electrons. The standard InChI is InChI=1S/C14H12BrN3O/c15-11-7-5-10(6-8-11)9-17-18-14(19)12-3-1-2-4-13(12)16/h1-9H,16H2,(H,18,19)/b17-9+. The smallest absolute Gasteiger partial charge is 0.273 e. The van der Waals surface area contributed by atoms with E-state index in [0.29, 0.717) is 11.3 Å². The fourth-order valence-corrected chi connectivity index (χ4v) is 1.74. The average Bonchev–Trinajstić information content (AvgIpc) is 2.41. The summed E-state index contributed by atoms with van der Waals surface area (Å²) < 4.78 is 0.991. The van der Waals surface area contributed by atoms with Crippen LogP contribution in [0.3, 0.4) is 0 Å². The third-order valence-corrected chi connectivity index (χ3v) is 2.98. The van der Waals surface area contributed by atoms with Crippen molar-refractivity contribution in [2.24, 2.45) is 5.10 Å². The summed E-state index contributed by atoms with van der Waals surface area (Å²) in [6.07, 6.45) is 1.57. The van der Waals surface area contributed by atoms with Crippen LogP contribution in [-0.2, 0) is 0 Å². The van der Waals surface area contributed by atoms with Crippen molar-refractivity contribution in [3.63, 3.8) is 0 Å². The number of nitrogens with zero attached hydrogens (tertiary/aromatic N) is 1. The molecule has 2 aromatic rings. The Hall–Kier alpha value is -2.14. The predicted molar refractivity (Wildman–Crippen MR) is 80.1 cm³/mol. The van der Waals surface area contributed by atoms with E-state index in [2.05, 4.69) is 26.5 Å². The van der Waals surface area contributed by atoms with Crippen LogP contribution in [0.2, 0.25) is 0 Å². The van der Waals surface area contributed by atoms with Gasteiger partial charge in [0.05, 0.1) is 11.8 Å². The summed E-state index contributed by atoms with van der Waals surface area (Å²) in [5.74, 6) is -0.327. The first kappa shape index (κ1) is 13.3. The quantitative estimate of drug-likeness (QED) is 0.519. The highest BCUT2D eigenvalue weighted by atomic mass is 79.9. The van der Waals surface area contributed by atoms with Crippen molar-refractivity contribution < 1.29 is 4.79 Å². The van der Waals surface area contributed by atoms with E-state index >= 15 is 0 Å². The number of benzene rings is 2. The Labute approximate surface area is 119 Å². The molecule has 0 radical (unpaired) electrons. The number of rotatable bonds is 3. The zero-order chi connectivity index (χ0) is 13.7. The number of nitrogens with one attached hydrogen (secondary N) is 1. The lowest BCUT2D eigenvalue weighted by Gasteiger charge is -2.02. The minimum absolute atomic E-state index is 0.327. The third-order valence-electron chi connectivity index (χ3n) is 2.46. The largest absolute Gasteiger partial charge is 0.398 e. The number of para-hydroxylation sites is 1. The van der Waals surface area contributed by atoms with Crippen molar-refractivity contribution >= 4 is 33.7 Å². The Morgan fingerprint density at radius 2 is 1.84 bits per heavy atom. The molecule has 0 saturated carbocycles. The van der Waals surface area contributed by atoms with Gasteiger partial charge in [-0.2, -0.15) is 5.10 Å². The van der Waals surface area contributed by atoms with E-state index in [0.717, 1.165) is 10.0 Å². The summed E-state index contributed by atoms with van der Waals surface area (Å²) in [4.78, 5) is 11.8. The first-order chi connectivity index (χ1) is 9.16. The Morgan fingerprint density at radius 1 is 1.16 bits per heavy atom. The SMILES string of the molecule is Nc1ccccc1C(=O)N/N=C/c1ccc(Br)cc1. The topological polar surface area (TPSA) is 67.5 Å². The predicted octanol–water partition coefficient (Wildman–Crippen LogP) is 2.80. The molecule has 0 aliphatic heterocycles. The first-order valence-corrected chi connectivity index (χ1v) is 6.39. The Kier molecular flexibility index (Phi) is 4.30. The molecule has 0 bridgehead atoms. The lowest BCUT2D eigenvalue weighted by Crippen LogP contribution is -2.18. The van der Waals surface area contributed by atoms with Gasteiger partial charge in [-0.3, -0.25) is 4.79 Å². The number of nitrogens with two attached hydrogens (primary N) is 1. The molecule has 5 heteroatoms. The molecule has 2 rings (SSSR count). The number of hydrazone groups is 1. The molecule has 0 spiro atoms. The summed E-state index contributed by atoms with van der Waals surface area (Å²) in [6.45, 7) is 0. The number of amides is 1.